The number of anilines is 4. The van der Waals surface area contributed by atoms with Gasteiger partial charge in [-0.15, -0.1) is 0 Å². The molecule has 3 aliphatic rings. The van der Waals surface area contributed by atoms with E-state index >= 15 is 4.39 Å². The van der Waals surface area contributed by atoms with E-state index in [0.717, 1.165) is 11.6 Å². The van der Waals surface area contributed by atoms with Crippen LogP contribution in [0.2, 0.25) is 0 Å². The Morgan fingerprint density at radius 2 is 1.64 bits per heavy atom. The van der Waals surface area contributed by atoms with Crippen LogP contribution >= 0.6 is 0 Å². The van der Waals surface area contributed by atoms with Gasteiger partial charge < -0.3 is 31.9 Å². The minimum absolute atomic E-state index is 0.0991. The quantitative estimate of drug-likeness (QED) is 0.0622. The first-order valence-corrected chi connectivity index (χ1v) is 21.9. The van der Waals surface area contributed by atoms with Gasteiger partial charge in [0.05, 0.1) is 17.1 Å². The van der Waals surface area contributed by atoms with Gasteiger partial charge in [-0.05, 0) is 91.5 Å². The van der Waals surface area contributed by atoms with E-state index in [-0.39, 0.29) is 77.9 Å². The maximum atomic E-state index is 15.6. The SMILES string of the molecule is Nc1ncc(-c2ccc(S(=O)(=O)Nc3cccc(NC(=O)CNCCCC(=O)Nc4cccc5c4CN(C4CCC(=O)NC4=O)C5=O)c3)cc2F)cc1-c1ccc2c(c1)CCNC2=O. The molecule has 0 aliphatic carbocycles. The first-order valence-electron chi connectivity index (χ1n) is 20.4. The minimum atomic E-state index is -4.27. The van der Waals surface area contributed by atoms with E-state index < -0.39 is 33.7 Å². The Kier molecular flexibility index (Phi) is 12.2. The van der Waals surface area contributed by atoms with Crippen molar-refractivity contribution in [2.75, 3.05) is 40.7 Å². The minimum Gasteiger partial charge on any atom is -0.383 e. The molecule has 1 unspecified atom stereocenters. The van der Waals surface area contributed by atoms with Crippen molar-refractivity contribution in [3.05, 3.63) is 119 Å². The van der Waals surface area contributed by atoms with Crippen molar-refractivity contribution in [3.8, 4) is 22.3 Å². The summed E-state index contributed by atoms with van der Waals surface area (Å²) in [6, 6.07) is 20.7. The second-order valence-electron chi connectivity index (χ2n) is 15.5. The molecular weight excluding hydrogens is 846 g/mol. The van der Waals surface area contributed by atoms with Crippen molar-refractivity contribution >= 4 is 68.3 Å². The number of nitrogen functional groups attached to an aromatic ring is 1. The highest BCUT2D eigenvalue weighted by molar-refractivity contribution is 7.92. The number of nitrogens with zero attached hydrogens (tertiary/aromatic N) is 2. The lowest BCUT2D eigenvalue weighted by Gasteiger charge is -2.29. The molecule has 5 aromatic rings. The lowest BCUT2D eigenvalue weighted by atomic mass is 9.94. The number of sulfonamides is 1. The number of carbonyl (C=O) groups excluding carboxylic acids is 6. The molecule has 6 amide bonds. The van der Waals surface area contributed by atoms with Gasteiger partial charge in [0.15, 0.2) is 0 Å². The van der Waals surface area contributed by atoms with Gasteiger partial charge in [-0.2, -0.15) is 0 Å². The zero-order valence-corrected chi connectivity index (χ0v) is 34.9. The first-order chi connectivity index (χ1) is 30.7. The maximum absolute atomic E-state index is 15.6. The van der Waals surface area contributed by atoms with Gasteiger partial charge in [0.1, 0.15) is 17.7 Å². The number of hydrogen-bond donors (Lipinski definition) is 7. The number of aromatic nitrogens is 1. The number of imide groups is 1. The van der Waals surface area contributed by atoms with E-state index in [1.165, 1.54) is 41.4 Å². The Bertz CT molecular complexity index is 2870. The van der Waals surface area contributed by atoms with Crippen LogP contribution in [0.25, 0.3) is 22.3 Å². The molecule has 19 heteroatoms. The second kappa shape index (κ2) is 18.1. The molecule has 0 radical (unpaired) electrons. The highest BCUT2D eigenvalue weighted by Gasteiger charge is 2.40. The molecule has 64 heavy (non-hydrogen) atoms. The number of benzene rings is 4. The molecule has 0 bridgehead atoms. The third-order valence-corrected chi connectivity index (χ3v) is 12.5. The summed E-state index contributed by atoms with van der Waals surface area (Å²) in [6.07, 6.45) is 2.88. The fourth-order valence-electron chi connectivity index (χ4n) is 7.92. The average Bonchev–Trinajstić information content (AvgIpc) is 3.60. The van der Waals surface area contributed by atoms with Crippen LogP contribution in [0.4, 0.5) is 27.3 Å². The van der Waals surface area contributed by atoms with Crippen LogP contribution in [0.3, 0.4) is 0 Å². The van der Waals surface area contributed by atoms with Gasteiger partial charge in [0, 0.05) is 76.9 Å². The molecule has 1 saturated heterocycles. The Morgan fingerprint density at radius 3 is 2.45 bits per heavy atom. The molecule has 0 saturated carbocycles. The molecule has 4 heterocycles. The van der Waals surface area contributed by atoms with Crippen LogP contribution in [0.1, 0.15) is 57.5 Å². The lowest BCUT2D eigenvalue weighted by Crippen LogP contribution is -2.52. The van der Waals surface area contributed by atoms with E-state index in [4.69, 9.17) is 5.73 Å². The molecule has 8 N–H and O–H groups in total. The molecule has 3 aliphatic heterocycles. The van der Waals surface area contributed by atoms with E-state index in [0.29, 0.717) is 70.7 Å². The van der Waals surface area contributed by atoms with E-state index in [9.17, 15) is 37.2 Å². The Morgan fingerprint density at radius 1 is 0.844 bits per heavy atom. The Balaban J connectivity index is 0.811. The number of rotatable bonds is 14. The molecule has 4 aromatic carbocycles. The standard InChI is InChI=1S/C45H42FN9O8S/c46-36-21-30(10-12-31(36)27-19-34(42(47)50-22-27)25-9-11-32-26(18-25)15-17-49-43(32)59)64(62,63)54-29-5-1-4-28(20-29)51-41(58)23-48-16-3-8-39(56)52-37-7-2-6-33-35(37)24-55(45(33)61)38-13-14-40(57)53-44(38)60/h1-2,4-7,9-12,18-22,38,48,54H,3,8,13-17,23-24H2,(H2,47,50)(H,49,59)(H,51,58)(H,52,56)(H,53,57,60). The summed E-state index contributed by atoms with van der Waals surface area (Å²) in [5.41, 5.74) is 11.2. The summed E-state index contributed by atoms with van der Waals surface area (Å²) in [7, 11) is -4.27. The lowest BCUT2D eigenvalue weighted by molar-refractivity contribution is -0.137. The van der Waals surface area contributed by atoms with Crippen molar-refractivity contribution in [1.82, 2.24) is 25.8 Å². The highest BCUT2D eigenvalue weighted by atomic mass is 32.2. The van der Waals surface area contributed by atoms with Crippen LogP contribution in [0.5, 0.6) is 0 Å². The van der Waals surface area contributed by atoms with Crippen LogP contribution < -0.4 is 37.0 Å². The number of carbonyl (C=O) groups is 6. The topological polar surface area (TPSA) is 251 Å². The third-order valence-electron chi connectivity index (χ3n) is 11.1. The fourth-order valence-corrected chi connectivity index (χ4v) is 8.98. The maximum Gasteiger partial charge on any atom is 0.261 e. The van der Waals surface area contributed by atoms with Crippen molar-refractivity contribution in [3.63, 3.8) is 0 Å². The zero-order chi connectivity index (χ0) is 45.1. The number of fused-ring (bicyclic) bond motifs is 2. The Hall–Kier alpha value is -7.51. The van der Waals surface area contributed by atoms with Crippen LogP contribution in [0, 0.1) is 5.82 Å². The Labute approximate surface area is 366 Å². The number of piperidine rings is 1. The molecule has 17 nitrogen and oxygen atoms in total. The number of amides is 6. The smallest absolute Gasteiger partial charge is 0.261 e. The van der Waals surface area contributed by atoms with Crippen molar-refractivity contribution < 1.29 is 41.6 Å². The van der Waals surface area contributed by atoms with Gasteiger partial charge in [-0.1, -0.05) is 30.3 Å². The second-order valence-corrected chi connectivity index (χ2v) is 17.2. The highest BCUT2D eigenvalue weighted by Crippen LogP contribution is 2.35. The molecule has 0 spiro atoms. The van der Waals surface area contributed by atoms with E-state index in [2.05, 4.69) is 36.3 Å². The predicted octanol–water partition coefficient (Wildman–Crippen LogP) is 3.93. The van der Waals surface area contributed by atoms with Gasteiger partial charge in [0.2, 0.25) is 23.6 Å². The van der Waals surface area contributed by atoms with E-state index in [1.54, 1.807) is 42.5 Å². The number of nitrogens with two attached hydrogens (primary N) is 1. The van der Waals surface area contributed by atoms with Crippen LogP contribution in [0.15, 0.2) is 96.0 Å². The van der Waals surface area contributed by atoms with Crippen molar-refractivity contribution in [2.45, 2.75) is 49.6 Å². The monoisotopic (exact) mass is 887 g/mol. The number of nitrogens with one attached hydrogen (secondary N) is 6. The van der Waals surface area contributed by atoms with Crippen LogP contribution in [-0.4, -0.2) is 79.4 Å². The first kappa shape index (κ1) is 43.2. The molecular formula is C45H42FN9O8S. The van der Waals surface area contributed by atoms with Gasteiger partial charge in [0.25, 0.3) is 21.8 Å². The van der Waals surface area contributed by atoms with Crippen molar-refractivity contribution in [2.24, 2.45) is 0 Å². The summed E-state index contributed by atoms with van der Waals surface area (Å²) >= 11 is 0. The number of pyridine rings is 1. The molecule has 328 valence electrons. The summed E-state index contributed by atoms with van der Waals surface area (Å²) in [5, 5.41) is 13.6. The van der Waals surface area contributed by atoms with Crippen LogP contribution in [-0.2, 0) is 42.2 Å². The number of hydrogen-bond acceptors (Lipinski definition) is 11. The normalized spacial score (nSPS) is 15.8. The van der Waals surface area contributed by atoms with E-state index in [1.807, 2.05) is 6.07 Å². The summed E-state index contributed by atoms with van der Waals surface area (Å²) in [6.45, 7) is 0.836. The van der Waals surface area contributed by atoms with Crippen molar-refractivity contribution in [1.29, 1.82) is 0 Å². The zero-order valence-electron chi connectivity index (χ0n) is 34.1. The summed E-state index contributed by atoms with van der Waals surface area (Å²) in [5.74, 6) is -2.74. The summed E-state index contributed by atoms with van der Waals surface area (Å²) < 4.78 is 44.8. The average molecular weight is 888 g/mol. The molecule has 1 atom stereocenters. The number of halogens is 1. The predicted molar refractivity (Wildman–Crippen MR) is 235 cm³/mol. The molecule has 1 aromatic heterocycles. The third kappa shape index (κ3) is 9.30. The molecule has 1 fully saturated rings. The summed E-state index contributed by atoms with van der Waals surface area (Å²) in [4.78, 5) is 80.2. The van der Waals surface area contributed by atoms with Gasteiger partial charge >= 0.3 is 0 Å². The largest absolute Gasteiger partial charge is 0.383 e. The van der Waals surface area contributed by atoms with Gasteiger partial charge in [-0.3, -0.25) is 38.8 Å². The fraction of sp³-hybridized carbons (Fsp3) is 0.222. The van der Waals surface area contributed by atoms with Gasteiger partial charge in [-0.25, -0.2) is 17.8 Å². The molecule has 8 rings (SSSR count).